The molecule has 0 radical (unpaired) electrons. The van der Waals surface area contributed by atoms with Crippen LogP contribution >= 0.6 is 0 Å². The second-order valence-electron chi connectivity index (χ2n) is 7.15. The van der Waals surface area contributed by atoms with Gasteiger partial charge in [-0.1, -0.05) is 54.6 Å². The number of hydrogen-bond donors (Lipinski definition) is 0. The van der Waals surface area contributed by atoms with Crippen LogP contribution < -0.4 is 0 Å². The van der Waals surface area contributed by atoms with Crippen molar-refractivity contribution >= 4 is 17.4 Å². The highest BCUT2D eigenvalue weighted by atomic mass is 16.6. The summed E-state index contributed by atoms with van der Waals surface area (Å²) in [5.74, 6) is -1.06. The summed E-state index contributed by atoms with van der Waals surface area (Å²) in [6.07, 6.45) is 0.497. The Hall–Kier alpha value is -3.80. The number of carbonyl (C=O) groups excluding carboxylic acids is 2. The molecule has 3 aromatic carbocycles. The summed E-state index contributed by atoms with van der Waals surface area (Å²) < 4.78 is 5.18. The maximum atomic E-state index is 12.8. The summed E-state index contributed by atoms with van der Waals surface area (Å²) >= 11 is 0. The number of nitrogens with zero attached hydrogens (tertiary/aromatic N) is 1. The molecule has 0 aliphatic rings. The molecule has 0 bridgehead atoms. The van der Waals surface area contributed by atoms with Crippen molar-refractivity contribution in [2.24, 2.45) is 5.92 Å². The Bertz CT molecular complexity index is 1040. The molecule has 31 heavy (non-hydrogen) atoms. The average molecular weight is 417 g/mol. The second-order valence-corrected chi connectivity index (χ2v) is 7.15. The highest BCUT2D eigenvalue weighted by Crippen LogP contribution is 2.24. The van der Waals surface area contributed by atoms with Crippen molar-refractivity contribution in [2.75, 3.05) is 6.61 Å². The summed E-state index contributed by atoms with van der Waals surface area (Å²) in [6, 6.07) is 22.8. The maximum Gasteiger partial charge on any atom is 0.309 e. The molecule has 0 amide bonds. The summed E-state index contributed by atoms with van der Waals surface area (Å²) in [5, 5.41) is 10.8. The smallest absolute Gasteiger partial charge is 0.309 e. The molecule has 1 atom stereocenters. The number of carbonyl (C=O) groups is 2. The van der Waals surface area contributed by atoms with E-state index in [0.29, 0.717) is 12.0 Å². The summed E-state index contributed by atoms with van der Waals surface area (Å²) in [5.41, 5.74) is 3.17. The second kappa shape index (κ2) is 10.3. The number of nitro benzene ring substituents is 1. The highest BCUT2D eigenvalue weighted by Gasteiger charge is 2.24. The van der Waals surface area contributed by atoms with E-state index in [1.807, 2.05) is 30.3 Å². The lowest BCUT2D eigenvalue weighted by molar-refractivity contribution is -0.384. The zero-order valence-corrected chi connectivity index (χ0v) is 17.2. The van der Waals surface area contributed by atoms with Gasteiger partial charge in [-0.25, -0.2) is 0 Å². The van der Waals surface area contributed by atoms with E-state index in [0.717, 1.165) is 16.7 Å². The number of non-ortho nitro benzene ring substituents is 1. The standard InChI is InChI=1S/C25H23NO5/c1-2-31-25(28)22(16-18-6-4-3-5-7-18)17-24(27)21-10-8-19(9-11-21)20-12-14-23(15-13-20)26(29)30/h3-15,22H,2,16-17H2,1H3. The zero-order valence-electron chi connectivity index (χ0n) is 17.2. The van der Waals surface area contributed by atoms with E-state index in [1.165, 1.54) is 12.1 Å². The van der Waals surface area contributed by atoms with Crippen LogP contribution in [0.3, 0.4) is 0 Å². The minimum atomic E-state index is -0.552. The molecule has 0 spiro atoms. The van der Waals surface area contributed by atoms with E-state index < -0.39 is 10.8 Å². The van der Waals surface area contributed by atoms with E-state index in [4.69, 9.17) is 4.74 Å². The van der Waals surface area contributed by atoms with Crippen LogP contribution in [0, 0.1) is 16.0 Å². The molecule has 0 fully saturated rings. The third-order valence-electron chi connectivity index (χ3n) is 4.99. The van der Waals surface area contributed by atoms with Gasteiger partial charge >= 0.3 is 5.97 Å². The summed E-state index contributed by atoms with van der Waals surface area (Å²) in [7, 11) is 0. The number of hydrogen-bond acceptors (Lipinski definition) is 5. The van der Waals surface area contributed by atoms with Gasteiger partial charge in [-0.2, -0.15) is 0 Å². The molecule has 0 aliphatic carbocycles. The van der Waals surface area contributed by atoms with Gasteiger partial charge in [0.1, 0.15) is 0 Å². The lowest BCUT2D eigenvalue weighted by Gasteiger charge is -2.15. The first kappa shape index (κ1) is 21.9. The number of Topliss-reactive ketones (excluding diaryl/α,β-unsaturated/α-hetero) is 1. The van der Waals surface area contributed by atoms with Crippen LogP contribution in [0.4, 0.5) is 5.69 Å². The third kappa shape index (κ3) is 5.85. The van der Waals surface area contributed by atoms with Crippen molar-refractivity contribution in [3.05, 3.63) is 100 Å². The Kier molecular flexibility index (Phi) is 7.27. The first-order valence-electron chi connectivity index (χ1n) is 10.1. The molecule has 0 saturated heterocycles. The molecule has 0 N–H and O–H groups in total. The molecule has 6 heteroatoms. The predicted octanol–water partition coefficient (Wildman–Crippen LogP) is 5.26. The molecule has 6 nitrogen and oxygen atoms in total. The number of esters is 1. The van der Waals surface area contributed by atoms with Crippen LogP contribution in [0.2, 0.25) is 0 Å². The Labute approximate surface area is 180 Å². The number of rotatable bonds is 9. The van der Waals surface area contributed by atoms with Gasteiger partial charge in [0.05, 0.1) is 17.4 Å². The van der Waals surface area contributed by atoms with Gasteiger partial charge < -0.3 is 4.74 Å². The number of nitro groups is 1. The first-order chi connectivity index (χ1) is 15.0. The van der Waals surface area contributed by atoms with Gasteiger partial charge in [-0.05, 0) is 42.2 Å². The minimum Gasteiger partial charge on any atom is -0.466 e. The molecule has 0 aliphatic heterocycles. The molecular formula is C25H23NO5. The largest absolute Gasteiger partial charge is 0.466 e. The van der Waals surface area contributed by atoms with E-state index in [-0.39, 0.29) is 30.5 Å². The fourth-order valence-electron chi connectivity index (χ4n) is 3.36. The maximum absolute atomic E-state index is 12.8. The molecule has 0 aromatic heterocycles. The molecule has 0 heterocycles. The van der Waals surface area contributed by atoms with Gasteiger partial charge in [0.2, 0.25) is 0 Å². The van der Waals surface area contributed by atoms with Crippen molar-refractivity contribution < 1.29 is 19.2 Å². The van der Waals surface area contributed by atoms with Gasteiger partial charge in [0.25, 0.3) is 5.69 Å². The average Bonchev–Trinajstić information content (AvgIpc) is 2.79. The topological polar surface area (TPSA) is 86.5 Å². The highest BCUT2D eigenvalue weighted by molar-refractivity contribution is 5.98. The third-order valence-corrected chi connectivity index (χ3v) is 4.99. The van der Waals surface area contributed by atoms with Crippen molar-refractivity contribution in [1.29, 1.82) is 0 Å². The molecule has 3 rings (SSSR count). The Balaban J connectivity index is 1.72. The van der Waals surface area contributed by atoms with Crippen LogP contribution in [0.25, 0.3) is 11.1 Å². The van der Waals surface area contributed by atoms with Crippen LogP contribution in [0.15, 0.2) is 78.9 Å². The Morgan fingerprint density at radius 3 is 2.03 bits per heavy atom. The van der Waals surface area contributed by atoms with E-state index in [9.17, 15) is 19.7 Å². The van der Waals surface area contributed by atoms with Crippen LogP contribution in [0.5, 0.6) is 0 Å². The quantitative estimate of drug-likeness (QED) is 0.205. The van der Waals surface area contributed by atoms with Crippen LogP contribution in [0.1, 0.15) is 29.3 Å². The van der Waals surface area contributed by atoms with Crippen LogP contribution in [-0.2, 0) is 16.0 Å². The number of ether oxygens (including phenoxy) is 1. The SMILES string of the molecule is CCOC(=O)C(CC(=O)c1ccc(-c2ccc([N+](=O)[O-])cc2)cc1)Cc1ccccc1. The summed E-state index contributed by atoms with van der Waals surface area (Å²) in [4.78, 5) is 35.6. The Morgan fingerprint density at radius 2 is 1.48 bits per heavy atom. The fraction of sp³-hybridized carbons (Fsp3) is 0.200. The fourth-order valence-corrected chi connectivity index (χ4v) is 3.36. The molecule has 0 saturated carbocycles. The minimum absolute atomic E-state index is 0.0268. The summed E-state index contributed by atoms with van der Waals surface area (Å²) in [6.45, 7) is 2.01. The zero-order chi connectivity index (χ0) is 22.2. The monoisotopic (exact) mass is 417 g/mol. The van der Waals surface area contributed by atoms with Gasteiger partial charge in [0.15, 0.2) is 5.78 Å². The van der Waals surface area contributed by atoms with E-state index in [2.05, 4.69) is 0 Å². The van der Waals surface area contributed by atoms with Crippen molar-refractivity contribution in [3.8, 4) is 11.1 Å². The number of ketones is 1. The van der Waals surface area contributed by atoms with Crippen molar-refractivity contribution in [1.82, 2.24) is 0 Å². The first-order valence-corrected chi connectivity index (χ1v) is 10.1. The molecule has 1 unspecified atom stereocenters. The molecule has 3 aromatic rings. The van der Waals surface area contributed by atoms with Gasteiger partial charge in [0, 0.05) is 24.1 Å². The molecule has 158 valence electrons. The molecular weight excluding hydrogens is 394 g/mol. The van der Waals surface area contributed by atoms with Crippen LogP contribution in [-0.4, -0.2) is 23.3 Å². The lowest BCUT2D eigenvalue weighted by Crippen LogP contribution is -2.23. The number of benzene rings is 3. The van der Waals surface area contributed by atoms with Gasteiger partial charge in [-0.3, -0.25) is 19.7 Å². The van der Waals surface area contributed by atoms with Crippen molar-refractivity contribution in [2.45, 2.75) is 19.8 Å². The van der Waals surface area contributed by atoms with Gasteiger partial charge in [-0.15, -0.1) is 0 Å². The Morgan fingerprint density at radius 1 is 0.903 bits per heavy atom. The normalized spacial score (nSPS) is 11.5. The van der Waals surface area contributed by atoms with Crippen molar-refractivity contribution in [3.63, 3.8) is 0 Å². The predicted molar refractivity (Wildman–Crippen MR) is 118 cm³/mol. The van der Waals surface area contributed by atoms with E-state index >= 15 is 0 Å². The lowest BCUT2D eigenvalue weighted by atomic mass is 9.91. The van der Waals surface area contributed by atoms with E-state index in [1.54, 1.807) is 43.3 Å².